The van der Waals surface area contributed by atoms with Crippen LogP contribution in [0.2, 0.25) is 0 Å². The van der Waals surface area contributed by atoms with Crippen molar-refractivity contribution in [1.29, 1.82) is 0 Å². The lowest BCUT2D eigenvalue weighted by Gasteiger charge is -2.63. The number of amides is 1. The molecular weight excluding hydrogens is 518 g/mol. The van der Waals surface area contributed by atoms with Gasteiger partial charge < -0.3 is 5.32 Å². The minimum atomic E-state index is 0.0693. The van der Waals surface area contributed by atoms with Gasteiger partial charge in [0.1, 0.15) is 11.6 Å². The number of hydrogen-bond acceptors (Lipinski definition) is 7. The second-order valence-corrected chi connectivity index (χ2v) is 14.3. The summed E-state index contributed by atoms with van der Waals surface area (Å²) in [4.78, 5) is 48.2. The second kappa shape index (κ2) is 14.0. The summed E-state index contributed by atoms with van der Waals surface area (Å²) in [6, 6.07) is 0. The van der Waals surface area contributed by atoms with Crippen molar-refractivity contribution < 1.29 is 24.1 Å². The van der Waals surface area contributed by atoms with Crippen LogP contribution < -0.4 is 16.3 Å². The highest BCUT2D eigenvalue weighted by atomic mass is 16.7. The average molecular weight is 576 g/mol. The molecule has 41 heavy (non-hydrogen) atoms. The van der Waals surface area contributed by atoms with Crippen molar-refractivity contribution in [3.05, 3.63) is 0 Å². The summed E-state index contributed by atoms with van der Waals surface area (Å²) in [6.07, 6.45) is 11.3. The second-order valence-electron chi connectivity index (χ2n) is 14.3. The van der Waals surface area contributed by atoms with E-state index in [0.29, 0.717) is 54.9 Å². The van der Waals surface area contributed by atoms with Crippen molar-refractivity contribution in [2.24, 2.45) is 46.3 Å². The van der Waals surface area contributed by atoms with E-state index in [1.807, 2.05) is 13.8 Å². The summed E-state index contributed by atoms with van der Waals surface area (Å²) in [7, 11) is 0. The Bertz CT molecular complexity index is 929. The van der Waals surface area contributed by atoms with E-state index in [1.165, 1.54) is 25.7 Å². The molecule has 1 amide bonds. The smallest absolute Gasteiger partial charge is 0.219 e. The molecular formula is C33H57N3O5. The number of carbonyl (C=O) groups is 3. The van der Waals surface area contributed by atoms with Gasteiger partial charge in [-0.15, -0.1) is 0 Å². The third-order valence-electron chi connectivity index (χ3n) is 12.0. The third kappa shape index (κ3) is 7.08. The Morgan fingerprint density at radius 1 is 0.902 bits per heavy atom. The highest BCUT2D eigenvalue weighted by Gasteiger charge is 2.63. The normalized spacial score (nSPS) is 38.8. The molecule has 0 spiro atoms. The first kappa shape index (κ1) is 32.6. The lowest BCUT2D eigenvalue weighted by Crippen LogP contribution is -2.60. The molecule has 0 aromatic carbocycles. The summed E-state index contributed by atoms with van der Waals surface area (Å²) in [5.41, 5.74) is 6.50. The molecule has 5 unspecified atom stereocenters. The minimum absolute atomic E-state index is 0.0693. The van der Waals surface area contributed by atoms with E-state index in [-0.39, 0.29) is 53.6 Å². The predicted molar refractivity (Wildman–Crippen MR) is 159 cm³/mol. The van der Waals surface area contributed by atoms with Crippen LogP contribution in [0.3, 0.4) is 0 Å². The van der Waals surface area contributed by atoms with E-state index in [2.05, 4.69) is 37.0 Å². The molecule has 0 heterocycles. The van der Waals surface area contributed by atoms with Crippen LogP contribution >= 0.6 is 0 Å². The van der Waals surface area contributed by atoms with Gasteiger partial charge in [0.05, 0.1) is 25.3 Å². The van der Waals surface area contributed by atoms with Gasteiger partial charge in [-0.05, 0) is 118 Å². The van der Waals surface area contributed by atoms with Gasteiger partial charge in [0.15, 0.2) is 0 Å². The molecule has 0 saturated heterocycles. The van der Waals surface area contributed by atoms with Crippen LogP contribution in [0, 0.1) is 46.3 Å². The number of nitrogens with one attached hydrogen (secondary N) is 3. The lowest BCUT2D eigenvalue weighted by atomic mass is 9.43. The van der Waals surface area contributed by atoms with E-state index >= 15 is 0 Å². The summed E-state index contributed by atoms with van der Waals surface area (Å²) in [5, 5.41) is 2.97. The molecule has 4 rings (SSSR count). The molecule has 10 atom stereocenters. The first-order valence-electron chi connectivity index (χ1n) is 16.6. The number of rotatable bonds is 14. The Hall–Kier alpha value is -1.35. The maximum absolute atomic E-state index is 12.2. The summed E-state index contributed by atoms with van der Waals surface area (Å²) < 4.78 is 0. The fraction of sp³-hybridized carbons (Fsp3) is 0.909. The number of carbonyl (C=O) groups excluding carboxylic acids is 3. The summed E-state index contributed by atoms with van der Waals surface area (Å²) in [5.74, 6) is 3.68. The van der Waals surface area contributed by atoms with Crippen LogP contribution in [0.25, 0.3) is 0 Å². The fourth-order valence-corrected chi connectivity index (χ4v) is 9.82. The third-order valence-corrected chi connectivity index (χ3v) is 12.0. The van der Waals surface area contributed by atoms with Crippen LogP contribution in [0.4, 0.5) is 0 Å². The topological polar surface area (TPSA) is 106 Å². The van der Waals surface area contributed by atoms with Crippen molar-refractivity contribution >= 4 is 17.5 Å². The fourth-order valence-electron chi connectivity index (χ4n) is 9.82. The SMILES string of the molecule is CCNC(=O)CC[C@H](C)C1CCC2C3C(ONCC(C)=O)C[C@@H]4C[C@H](ONCC(=O)CC)CC[C@]4(C)C3CC[C@@]21C. The zero-order valence-electron chi connectivity index (χ0n) is 26.6. The molecule has 3 N–H and O–H groups in total. The Balaban J connectivity index is 1.49. The molecule has 0 aromatic rings. The van der Waals surface area contributed by atoms with Gasteiger partial charge in [-0.3, -0.25) is 24.1 Å². The van der Waals surface area contributed by atoms with Gasteiger partial charge in [0.25, 0.3) is 0 Å². The quantitative estimate of drug-likeness (QED) is 0.246. The van der Waals surface area contributed by atoms with Crippen LogP contribution in [0.1, 0.15) is 112 Å². The number of fused-ring (bicyclic) bond motifs is 5. The first-order chi connectivity index (χ1) is 19.5. The molecule has 4 saturated carbocycles. The van der Waals surface area contributed by atoms with Crippen LogP contribution in [-0.2, 0) is 24.1 Å². The largest absolute Gasteiger partial charge is 0.356 e. The molecule has 234 valence electrons. The lowest BCUT2D eigenvalue weighted by molar-refractivity contribution is -0.210. The zero-order chi connectivity index (χ0) is 29.8. The van der Waals surface area contributed by atoms with E-state index in [1.54, 1.807) is 6.92 Å². The Morgan fingerprint density at radius 3 is 2.32 bits per heavy atom. The molecule has 4 fully saturated rings. The Labute approximate surface area is 248 Å². The van der Waals surface area contributed by atoms with Gasteiger partial charge in [-0.25, -0.2) is 0 Å². The number of ketones is 2. The first-order valence-corrected chi connectivity index (χ1v) is 16.6. The maximum atomic E-state index is 12.2. The van der Waals surface area contributed by atoms with Gasteiger partial charge in [0.2, 0.25) is 5.91 Å². The molecule has 4 aliphatic carbocycles. The minimum Gasteiger partial charge on any atom is -0.356 e. The molecule has 0 radical (unpaired) electrons. The summed E-state index contributed by atoms with van der Waals surface area (Å²) >= 11 is 0. The number of hydroxylamine groups is 2. The highest BCUT2D eigenvalue weighted by molar-refractivity contribution is 5.79. The zero-order valence-corrected chi connectivity index (χ0v) is 26.6. The van der Waals surface area contributed by atoms with E-state index < -0.39 is 0 Å². The van der Waals surface area contributed by atoms with Crippen molar-refractivity contribution in [3.63, 3.8) is 0 Å². The van der Waals surface area contributed by atoms with E-state index in [9.17, 15) is 14.4 Å². The molecule has 8 nitrogen and oxygen atoms in total. The van der Waals surface area contributed by atoms with Crippen molar-refractivity contribution in [2.45, 2.75) is 124 Å². The summed E-state index contributed by atoms with van der Waals surface area (Å²) in [6.45, 7) is 14.1. The van der Waals surface area contributed by atoms with Gasteiger partial charge in [-0.1, -0.05) is 27.7 Å². The van der Waals surface area contributed by atoms with Gasteiger partial charge in [-0.2, -0.15) is 11.0 Å². The molecule has 4 aliphatic rings. The molecule has 0 bridgehead atoms. The van der Waals surface area contributed by atoms with Crippen molar-refractivity contribution in [1.82, 2.24) is 16.3 Å². The Morgan fingerprint density at radius 2 is 1.61 bits per heavy atom. The average Bonchev–Trinajstić information content (AvgIpc) is 3.29. The van der Waals surface area contributed by atoms with Gasteiger partial charge >= 0.3 is 0 Å². The van der Waals surface area contributed by atoms with Gasteiger partial charge in [0, 0.05) is 19.4 Å². The highest BCUT2D eigenvalue weighted by Crippen LogP contribution is 2.68. The van der Waals surface area contributed by atoms with Crippen LogP contribution in [0.5, 0.6) is 0 Å². The van der Waals surface area contributed by atoms with E-state index in [4.69, 9.17) is 9.68 Å². The van der Waals surface area contributed by atoms with E-state index in [0.717, 1.165) is 32.1 Å². The maximum Gasteiger partial charge on any atom is 0.219 e. The standard InChI is InChI=1S/C33H57N3O5/c1-7-24(38)20-36-40-25-13-15-32(5)23(17-25)18-29(41-35-19-22(4)37)31-27-11-10-26(33(27,6)16-14-28(31)32)21(3)9-12-30(39)34-8-2/h21,23,25-29,31,35-36H,7-20H2,1-6H3,(H,34,39)/t21-,23-,25+,26?,27?,28?,29?,31?,32-,33+/m0/s1. The monoisotopic (exact) mass is 575 g/mol. The van der Waals surface area contributed by atoms with Crippen molar-refractivity contribution in [2.75, 3.05) is 19.6 Å². The van der Waals surface area contributed by atoms with Crippen LogP contribution in [-0.4, -0.2) is 49.3 Å². The number of Topliss-reactive ketones (excluding diaryl/α,β-unsaturated/α-hetero) is 2. The molecule has 0 aliphatic heterocycles. The van der Waals surface area contributed by atoms with Crippen LogP contribution in [0.15, 0.2) is 0 Å². The number of hydrogen-bond donors (Lipinski definition) is 3. The van der Waals surface area contributed by atoms with Crippen molar-refractivity contribution in [3.8, 4) is 0 Å². The molecule has 0 aromatic heterocycles. The predicted octanol–water partition coefficient (Wildman–Crippen LogP) is 5.16. The molecule has 8 heteroatoms. The Kier molecular flexibility index (Phi) is 11.1.